The molecule has 0 aliphatic carbocycles. The van der Waals surface area contributed by atoms with Gasteiger partial charge in [0.1, 0.15) is 6.54 Å². The monoisotopic (exact) mass is 295 g/mol. The van der Waals surface area contributed by atoms with Crippen LogP contribution in [0.5, 0.6) is 0 Å². The van der Waals surface area contributed by atoms with E-state index in [1.54, 1.807) is 0 Å². The van der Waals surface area contributed by atoms with Gasteiger partial charge in [0.05, 0.1) is 18.3 Å². The third-order valence-electron chi connectivity index (χ3n) is 2.56. The maximum atomic E-state index is 13.0. The van der Waals surface area contributed by atoms with E-state index in [9.17, 15) is 18.4 Å². The van der Waals surface area contributed by atoms with Gasteiger partial charge in [-0.2, -0.15) is 5.10 Å². The number of nitrogens with zero attached hydrogens (tertiary/aromatic N) is 2. The topological polar surface area (TPSA) is 84.2 Å². The van der Waals surface area contributed by atoms with Gasteiger partial charge in [0.2, 0.25) is 5.91 Å². The number of nitrogens with one attached hydrogen (secondary N) is 1. The maximum absolute atomic E-state index is 13.0. The average Bonchev–Trinajstić information content (AvgIpc) is 2.80. The van der Waals surface area contributed by atoms with E-state index < -0.39 is 23.5 Å². The van der Waals surface area contributed by atoms with Crippen molar-refractivity contribution in [1.29, 1.82) is 0 Å². The summed E-state index contributed by atoms with van der Waals surface area (Å²) in [6, 6.07) is 3.21. The zero-order valence-electron chi connectivity index (χ0n) is 10.7. The first-order valence-corrected chi connectivity index (χ1v) is 5.92. The molecule has 0 spiro atoms. The van der Waals surface area contributed by atoms with Gasteiger partial charge in [-0.1, -0.05) is 6.07 Å². The van der Waals surface area contributed by atoms with Gasteiger partial charge in [-0.3, -0.25) is 14.3 Å². The zero-order valence-corrected chi connectivity index (χ0v) is 10.7. The largest absolute Gasteiger partial charge is 0.480 e. The lowest BCUT2D eigenvalue weighted by molar-refractivity contribution is -0.137. The summed E-state index contributed by atoms with van der Waals surface area (Å²) in [5.41, 5.74) is 0.646. The molecule has 0 unspecified atom stereocenters. The summed E-state index contributed by atoms with van der Waals surface area (Å²) in [6.45, 7) is -0.320. The van der Waals surface area contributed by atoms with Gasteiger partial charge in [0, 0.05) is 6.20 Å². The van der Waals surface area contributed by atoms with Crippen LogP contribution in [0.2, 0.25) is 0 Å². The van der Waals surface area contributed by atoms with Crippen LogP contribution in [0.25, 0.3) is 0 Å². The van der Waals surface area contributed by atoms with Crippen molar-refractivity contribution in [1.82, 2.24) is 9.78 Å². The highest BCUT2D eigenvalue weighted by atomic mass is 19.2. The van der Waals surface area contributed by atoms with E-state index in [0.29, 0.717) is 11.3 Å². The minimum Gasteiger partial charge on any atom is -0.480 e. The third kappa shape index (κ3) is 4.10. The smallest absolute Gasteiger partial charge is 0.325 e. The lowest BCUT2D eigenvalue weighted by Crippen LogP contribution is -2.14. The highest BCUT2D eigenvalue weighted by Gasteiger charge is 2.09. The summed E-state index contributed by atoms with van der Waals surface area (Å²) in [4.78, 5) is 22.2. The molecule has 21 heavy (non-hydrogen) atoms. The number of hydrogen-bond acceptors (Lipinski definition) is 3. The van der Waals surface area contributed by atoms with Crippen molar-refractivity contribution >= 4 is 17.6 Å². The van der Waals surface area contributed by atoms with Gasteiger partial charge in [-0.25, -0.2) is 8.78 Å². The number of amides is 1. The van der Waals surface area contributed by atoms with Crippen molar-refractivity contribution in [2.45, 2.75) is 13.0 Å². The highest BCUT2D eigenvalue weighted by Crippen LogP contribution is 2.11. The van der Waals surface area contributed by atoms with Gasteiger partial charge in [0.15, 0.2) is 11.6 Å². The van der Waals surface area contributed by atoms with E-state index in [1.165, 1.54) is 18.5 Å². The summed E-state index contributed by atoms with van der Waals surface area (Å²) in [7, 11) is 0. The Morgan fingerprint density at radius 2 is 2.05 bits per heavy atom. The maximum Gasteiger partial charge on any atom is 0.325 e. The zero-order chi connectivity index (χ0) is 15.4. The molecule has 2 aromatic rings. The molecule has 0 saturated heterocycles. The normalized spacial score (nSPS) is 10.4. The van der Waals surface area contributed by atoms with Crippen LogP contribution < -0.4 is 5.32 Å². The van der Waals surface area contributed by atoms with E-state index in [4.69, 9.17) is 5.11 Å². The first-order valence-electron chi connectivity index (χ1n) is 5.92. The Kier molecular flexibility index (Phi) is 4.27. The number of hydrogen-bond donors (Lipinski definition) is 2. The van der Waals surface area contributed by atoms with E-state index in [0.717, 1.165) is 16.8 Å². The quantitative estimate of drug-likeness (QED) is 0.874. The molecule has 8 heteroatoms. The number of aliphatic carboxylic acids is 1. The number of benzene rings is 1. The van der Waals surface area contributed by atoms with Crippen molar-refractivity contribution < 1.29 is 23.5 Å². The SMILES string of the molecule is O=C(O)Cn1cc(NC(=O)Cc2ccc(F)c(F)c2)cn1. The molecule has 1 aromatic heterocycles. The molecule has 1 heterocycles. The average molecular weight is 295 g/mol. The fourth-order valence-corrected chi connectivity index (χ4v) is 1.69. The molecule has 0 fully saturated rings. The molecular formula is C13H11F2N3O3. The van der Waals surface area contributed by atoms with Crippen molar-refractivity contribution in [3.05, 3.63) is 47.8 Å². The predicted molar refractivity (Wildman–Crippen MR) is 68.6 cm³/mol. The van der Waals surface area contributed by atoms with Crippen LogP contribution in [0.4, 0.5) is 14.5 Å². The number of aromatic nitrogens is 2. The fraction of sp³-hybridized carbons (Fsp3) is 0.154. The van der Waals surface area contributed by atoms with Crippen LogP contribution in [-0.2, 0) is 22.6 Å². The second-order valence-electron chi connectivity index (χ2n) is 4.29. The van der Waals surface area contributed by atoms with Gasteiger partial charge in [-0.05, 0) is 17.7 Å². The molecule has 0 radical (unpaired) electrons. The molecule has 0 saturated carbocycles. The molecule has 6 nitrogen and oxygen atoms in total. The number of halogens is 2. The Morgan fingerprint density at radius 1 is 1.29 bits per heavy atom. The third-order valence-corrected chi connectivity index (χ3v) is 2.56. The van der Waals surface area contributed by atoms with Crippen LogP contribution in [-0.4, -0.2) is 26.8 Å². The lowest BCUT2D eigenvalue weighted by Gasteiger charge is -2.03. The first kappa shape index (κ1) is 14.6. The Hall–Kier alpha value is -2.77. The summed E-state index contributed by atoms with van der Waals surface area (Å²) in [6.07, 6.45) is 2.52. The Balaban J connectivity index is 1.96. The molecule has 0 bridgehead atoms. The van der Waals surface area contributed by atoms with Gasteiger partial charge < -0.3 is 10.4 Å². The second-order valence-corrected chi connectivity index (χ2v) is 4.29. The van der Waals surface area contributed by atoms with Gasteiger partial charge in [-0.15, -0.1) is 0 Å². The van der Waals surface area contributed by atoms with Gasteiger partial charge >= 0.3 is 5.97 Å². The molecule has 0 aliphatic heterocycles. The summed E-state index contributed by atoms with van der Waals surface area (Å²) in [5, 5.41) is 14.8. The minimum absolute atomic E-state index is 0.138. The summed E-state index contributed by atoms with van der Waals surface area (Å²) in [5.74, 6) is -3.50. The number of carbonyl (C=O) groups is 2. The van der Waals surface area contributed by atoms with E-state index in [-0.39, 0.29) is 13.0 Å². The molecule has 2 N–H and O–H groups in total. The summed E-state index contributed by atoms with van der Waals surface area (Å²) < 4.78 is 26.9. The molecule has 1 amide bonds. The van der Waals surface area contributed by atoms with Crippen molar-refractivity contribution in [2.24, 2.45) is 0 Å². The predicted octanol–water partition coefficient (Wildman–Crippen LogP) is 1.43. The van der Waals surface area contributed by atoms with Crippen LogP contribution >= 0.6 is 0 Å². The fourth-order valence-electron chi connectivity index (χ4n) is 1.69. The van der Waals surface area contributed by atoms with E-state index >= 15 is 0 Å². The van der Waals surface area contributed by atoms with E-state index in [2.05, 4.69) is 10.4 Å². The van der Waals surface area contributed by atoms with Crippen molar-refractivity contribution in [3.8, 4) is 0 Å². The molecule has 110 valence electrons. The molecule has 0 aliphatic rings. The first-order chi connectivity index (χ1) is 9.94. The second kappa shape index (κ2) is 6.12. The molecular weight excluding hydrogens is 284 g/mol. The van der Waals surface area contributed by atoms with Crippen LogP contribution in [0.1, 0.15) is 5.56 Å². The van der Waals surface area contributed by atoms with Crippen LogP contribution in [0, 0.1) is 11.6 Å². The molecule has 0 atom stereocenters. The van der Waals surface area contributed by atoms with E-state index in [1.807, 2.05) is 0 Å². The van der Waals surface area contributed by atoms with Crippen LogP contribution in [0.15, 0.2) is 30.6 Å². The standard InChI is InChI=1S/C13H11F2N3O3/c14-10-2-1-8(3-11(10)15)4-12(19)17-9-5-16-18(6-9)7-13(20)21/h1-3,5-6H,4,7H2,(H,17,19)(H,20,21). The minimum atomic E-state index is -1.06. The lowest BCUT2D eigenvalue weighted by atomic mass is 10.1. The van der Waals surface area contributed by atoms with Gasteiger partial charge in [0.25, 0.3) is 0 Å². The van der Waals surface area contributed by atoms with Crippen molar-refractivity contribution in [3.63, 3.8) is 0 Å². The Bertz CT molecular complexity index is 685. The Morgan fingerprint density at radius 3 is 2.71 bits per heavy atom. The molecule has 2 rings (SSSR count). The van der Waals surface area contributed by atoms with Crippen molar-refractivity contribution in [2.75, 3.05) is 5.32 Å². The number of carboxylic acid groups (broad SMARTS) is 1. The highest BCUT2D eigenvalue weighted by molar-refractivity contribution is 5.92. The number of carboxylic acids is 1. The summed E-state index contributed by atoms with van der Waals surface area (Å²) >= 11 is 0. The number of rotatable bonds is 5. The van der Waals surface area contributed by atoms with Crippen LogP contribution in [0.3, 0.4) is 0 Å². The number of carbonyl (C=O) groups excluding carboxylic acids is 1. The Labute approximate surface area is 118 Å². The molecule has 1 aromatic carbocycles. The number of anilines is 1.